The molecule has 1 heterocycles. The minimum absolute atomic E-state index is 0.126. The van der Waals surface area contributed by atoms with Gasteiger partial charge in [-0.25, -0.2) is 4.98 Å². The fraction of sp³-hybridized carbons (Fsp3) is 0.200. The number of fused-ring (bicyclic) bond motifs is 1. The number of H-pyrrole nitrogens is 1. The zero-order chi connectivity index (χ0) is 17.2. The molecule has 24 heavy (non-hydrogen) atoms. The third-order valence-electron chi connectivity index (χ3n) is 3.83. The molecule has 1 amide bonds. The molecule has 0 aliphatic rings. The SMILES string of the molecule is CC(C)(C)c1ccc(C=CC(=O)Nc2nc3ccccc3[nH]2)cc1. The molecule has 2 N–H and O–H groups in total. The summed E-state index contributed by atoms with van der Waals surface area (Å²) in [6, 6.07) is 15.9. The molecule has 0 saturated carbocycles. The number of nitrogens with one attached hydrogen (secondary N) is 2. The predicted octanol–water partition coefficient (Wildman–Crippen LogP) is 4.51. The average Bonchev–Trinajstić information content (AvgIpc) is 2.94. The van der Waals surface area contributed by atoms with Crippen molar-refractivity contribution in [3.8, 4) is 0 Å². The second kappa shape index (κ2) is 6.32. The van der Waals surface area contributed by atoms with Crippen molar-refractivity contribution in [2.45, 2.75) is 26.2 Å². The zero-order valence-corrected chi connectivity index (χ0v) is 14.1. The third kappa shape index (κ3) is 3.71. The van der Waals surface area contributed by atoms with Gasteiger partial charge >= 0.3 is 0 Å². The van der Waals surface area contributed by atoms with E-state index < -0.39 is 0 Å². The maximum absolute atomic E-state index is 12.0. The topological polar surface area (TPSA) is 57.8 Å². The Labute approximate surface area is 141 Å². The highest BCUT2D eigenvalue weighted by Crippen LogP contribution is 2.22. The molecule has 0 aliphatic heterocycles. The van der Waals surface area contributed by atoms with Gasteiger partial charge in [0.1, 0.15) is 0 Å². The molecule has 1 aromatic heterocycles. The van der Waals surface area contributed by atoms with Crippen molar-refractivity contribution in [3.63, 3.8) is 0 Å². The number of hydrogen-bond acceptors (Lipinski definition) is 2. The Bertz CT molecular complexity index is 850. The van der Waals surface area contributed by atoms with Gasteiger partial charge < -0.3 is 4.98 Å². The summed E-state index contributed by atoms with van der Waals surface area (Å²) in [5.41, 5.74) is 4.11. The Hall–Kier alpha value is -2.88. The van der Waals surface area contributed by atoms with Gasteiger partial charge in [0.15, 0.2) is 0 Å². The lowest BCUT2D eigenvalue weighted by molar-refractivity contribution is -0.111. The smallest absolute Gasteiger partial charge is 0.250 e. The van der Waals surface area contributed by atoms with Crippen LogP contribution in [0.1, 0.15) is 31.9 Å². The average molecular weight is 319 g/mol. The molecule has 0 fully saturated rings. The van der Waals surface area contributed by atoms with E-state index in [9.17, 15) is 4.79 Å². The van der Waals surface area contributed by atoms with E-state index >= 15 is 0 Å². The van der Waals surface area contributed by atoms with Crippen molar-refractivity contribution in [3.05, 3.63) is 65.7 Å². The van der Waals surface area contributed by atoms with E-state index in [1.165, 1.54) is 11.6 Å². The number of rotatable bonds is 3. The first-order valence-corrected chi connectivity index (χ1v) is 7.96. The lowest BCUT2D eigenvalue weighted by atomic mass is 9.87. The number of nitrogens with zero attached hydrogens (tertiary/aromatic N) is 1. The number of imidazole rings is 1. The first-order chi connectivity index (χ1) is 11.4. The van der Waals surface area contributed by atoms with Crippen LogP contribution in [-0.4, -0.2) is 15.9 Å². The molecular formula is C20H21N3O. The Kier molecular flexibility index (Phi) is 4.21. The molecule has 4 nitrogen and oxygen atoms in total. The maximum Gasteiger partial charge on any atom is 0.250 e. The van der Waals surface area contributed by atoms with Crippen LogP contribution in [0.15, 0.2) is 54.6 Å². The summed E-state index contributed by atoms with van der Waals surface area (Å²) in [6.07, 6.45) is 3.31. The van der Waals surface area contributed by atoms with Gasteiger partial charge in [-0.05, 0) is 34.8 Å². The van der Waals surface area contributed by atoms with Crippen molar-refractivity contribution in [2.24, 2.45) is 0 Å². The van der Waals surface area contributed by atoms with Crippen LogP contribution < -0.4 is 5.32 Å². The van der Waals surface area contributed by atoms with Crippen molar-refractivity contribution in [1.29, 1.82) is 0 Å². The lowest BCUT2D eigenvalue weighted by Gasteiger charge is -2.18. The van der Waals surface area contributed by atoms with Crippen LogP contribution in [0.3, 0.4) is 0 Å². The van der Waals surface area contributed by atoms with Gasteiger partial charge in [0, 0.05) is 6.08 Å². The second-order valence-corrected chi connectivity index (χ2v) is 6.80. The van der Waals surface area contributed by atoms with Gasteiger partial charge in [-0.2, -0.15) is 0 Å². The molecular weight excluding hydrogens is 298 g/mol. The number of anilines is 1. The number of carbonyl (C=O) groups excluding carboxylic acids is 1. The van der Waals surface area contributed by atoms with Crippen molar-refractivity contribution < 1.29 is 4.79 Å². The number of benzene rings is 2. The largest absolute Gasteiger partial charge is 0.324 e. The summed E-state index contributed by atoms with van der Waals surface area (Å²) in [4.78, 5) is 19.4. The summed E-state index contributed by atoms with van der Waals surface area (Å²) in [6.45, 7) is 6.54. The fourth-order valence-electron chi connectivity index (χ4n) is 2.44. The number of carbonyl (C=O) groups is 1. The Morgan fingerprint density at radius 3 is 2.46 bits per heavy atom. The Morgan fingerprint density at radius 2 is 1.79 bits per heavy atom. The highest BCUT2D eigenvalue weighted by molar-refractivity contribution is 6.01. The minimum atomic E-state index is -0.214. The van der Waals surface area contributed by atoms with Crippen LogP contribution in [0.5, 0.6) is 0 Å². The molecule has 0 saturated heterocycles. The maximum atomic E-state index is 12.0. The number of para-hydroxylation sites is 2. The lowest BCUT2D eigenvalue weighted by Crippen LogP contribution is -2.10. The van der Waals surface area contributed by atoms with E-state index in [-0.39, 0.29) is 11.3 Å². The molecule has 122 valence electrons. The summed E-state index contributed by atoms with van der Waals surface area (Å²) >= 11 is 0. The molecule has 0 bridgehead atoms. The van der Waals surface area contributed by atoms with E-state index in [2.05, 4.69) is 48.2 Å². The van der Waals surface area contributed by atoms with Gasteiger partial charge in [0.25, 0.3) is 5.91 Å². The normalized spacial score (nSPS) is 12.0. The molecule has 0 spiro atoms. The summed E-state index contributed by atoms with van der Waals surface area (Å²) in [5.74, 6) is 0.239. The number of aromatic nitrogens is 2. The standard InChI is InChI=1S/C20H21N3O/c1-20(2,3)15-11-8-14(9-12-15)10-13-18(24)23-19-21-16-6-4-5-7-17(16)22-19/h4-13H,1-3H3,(H2,21,22,23,24). The molecule has 0 radical (unpaired) electrons. The summed E-state index contributed by atoms with van der Waals surface area (Å²) in [5, 5.41) is 2.74. The monoisotopic (exact) mass is 319 g/mol. The van der Waals surface area contributed by atoms with Gasteiger partial charge in [0.05, 0.1) is 11.0 Å². The highest BCUT2D eigenvalue weighted by atomic mass is 16.1. The van der Waals surface area contributed by atoms with Gasteiger partial charge in [0.2, 0.25) is 5.95 Å². The third-order valence-corrected chi connectivity index (χ3v) is 3.83. The van der Waals surface area contributed by atoms with Crippen LogP contribution in [0.25, 0.3) is 17.1 Å². The van der Waals surface area contributed by atoms with E-state index in [4.69, 9.17) is 0 Å². The first-order valence-electron chi connectivity index (χ1n) is 7.96. The van der Waals surface area contributed by atoms with E-state index in [0.29, 0.717) is 5.95 Å². The summed E-state index contributed by atoms with van der Waals surface area (Å²) < 4.78 is 0. The molecule has 0 unspecified atom stereocenters. The predicted molar refractivity (Wildman–Crippen MR) is 98.9 cm³/mol. The van der Waals surface area contributed by atoms with Crippen LogP contribution in [0, 0.1) is 0 Å². The minimum Gasteiger partial charge on any atom is -0.324 e. The van der Waals surface area contributed by atoms with Crippen molar-refractivity contribution >= 4 is 29.0 Å². The Morgan fingerprint density at radius 1 is 1.08 bits per heavy atom. The van der Waals surface area contributed by atoms with Crippen molar-refractivity contribution in [1.82, 2.24) is 9.97 Å². The number of hydrogen-bond donors (Lipinski definition) is 2. The molecule has 4 heteroatoms. The number of amides is 1. The fourth-order valence-corrected chi connectivity index (χ4v) is 2.44. The van der Waals surface area contributed by atoms with E-state index in [1.54, 1.807) is 6.08 Å². The molecule has 0 atom stereocenters. The van der Waals surface area contributed by atoms with Crippen LogP contribution >= 0.6 is 0 Å². The van der Waals surface area contributed by atoms with Crippen molar-refractivity contribution in [2.75, 3.05) is 5.32 Å². The van der Waals surface area contributed by atoms with E-state index in [1.807, 2.05) is 36.4 Å². The quantitative estimate of drug-likeness (QED) is 0.698. The van der Waals surface area contributed by atoms with Gasteiger partial charge in [-0.1, -0.05) is 57.2 Å². The molecule has 3 aromatic rings. The number of aromatic amines is 1. The molecule has 2 aromatic carbocycles. The van der Waals surface area contributed by atoms with Gasteiger partial charge in [-0.15, -0.1) is 0 Å². The van der Waals surface area contributed by atoms with Crippen LogP contribution in [-0.2, 0) is 10.2 Å². The van der Waals surface area contributed by atoms with E-state index in [0.717, 1.165) is 16.6 Å². The zero-order valence-electron chi connectivity index (χ0n) is 14.1. The molecule has 3 rings (SSSR count). The Balaban J connectivity index is 1.66. The second-order valence-electron chi connectivity index (χ2n) is 6.80. The highest BCUT2D eigenvalue weighted by Gasteiger charge is 2.12. The van der Waals surface area contributed by atoms with Crippen LogP contribution in [0.4, 0.5) is 5.95 Å². The summed E-state index contributed by atoms with van der Waals surface area (Å²) in [7, 11) is 0. The van der Waals surface area contributed by atoms with Gasteiger partial charge in [-0.3, -0.25) is 10.1 Å². The first kappa shape index (κ1) is 16.0. The van der Waals surface area contributed by atoms with Crippen LogP contribution in [0.2, 0.25) is 0 Å². The molecule has 0 aliphatic carbocycles.